The molecule has 2 aromatic carbocycles. The Kier molecular flexibility index (Phi) is 4.70. The third-order valence-electron chi connectivity index (χ3n) is 4.09. The largest absolute Gasteiger partial charge is 0.491 e. The number of rotatable bonds is 5. The van der Waals surface area contributed by atoms with Crippen molar-refractivity contribution >= 4 is 17.7 Å². The van der Waals surface area contributed by atoms with E-state index in [2.05, 4.69) is 10.4 Å². The molecule has 1 aliphatic heterocycles. The monoisotopic (exact) mass is 361 g/mol. The summed E-state index contributed by atoms with van der Waals surface area (Å²) in [6.07, 6.45) is -0.392. The predicted octanol–water partition coefficient (Wildman–Crippen LogP) is 2.99. The molecule has 0 saturated heterocycles. The van der Waals surface area contributed by atoms with E-state index in [9.17, 15) is 13.6 Å². The number of nitrogen functional groups attached to an aromatic ring is 1. The zero-order chi connectivity index (χ0) is 18.8. The number of benzene rings is 2. The van der Waals surface area contributed by atoms with Crippen molar-refractivity contribution in [3.05, 3.63) is 53.1 Å². The SMILES string of the molecule is COc1c(F)ccc(N2N=NN(Cc3ccc(N)c(C)c3)C2C=O)c1F. The van der Waals surface area contributed by atoms with Crippen LogP contribution in [-0.2, 0) is 11.3 Å². The normalized spacial score (nSPS) is 16.2. The molecule has 0 aromatic heterocycles. The Morgan fingerprint density at radius 2 is 2.04 bits per heavy atom. The molecule has 0 spiro atoms. The fourth-order valence-electron chi connectivity index (χ4n) is 2.68. The van der Waals surface area contributed by atoms with E-state index in [1.807, 2.05) is 19.1 Å². The Hall–Kier alpha value is -3.23. The second kappa shape index (κ2) is 6.95. The van der Waals surface area contributed by atoms with Crippen LogP contribution in [0.15, 0.2) is 40.8 Å². The van der Waals surface area contributed by atoms with Crippen LogP contribution in [0.5, 0.6) is 5.75 Å². The van der Waals surface area contributed by atoms with Gasteiger partial charge < -0.3 is 10.5 Å². The molecule has 3 rings (SSSR count). The molecule has 26 heavy (non-hydrogen) atoms. The Morgan fingerprint density at radius 1 is 1.27 bits per heavy atom. The minimum atomic E-state index is -0.975. The number of hydrogen-bond donors (Lipinski definition) is 1. The quantitative estimate of drug-likeness (QED) is 0.654. The number of carbonyl (C=O) groups excluding carboxylic acids is 1. The second-order valence-corrected chi connectivity index (χ2v) is 5.78. The number of aryl methyl sites for hydroxylation is 1. The first-order valence-electron chi connectivity index (χ1n) is 7.76. The summed E-state index contributed by atoms with van der Waals surface area (Å²) in [5, 5.41) is 10.3. The molecule has 136 valence electrons. The van der Waals surface area contributed by atoms with Crippen LogP contribution in [-0.4, -0.2) is 24.6 Å². The molecule has 9 heteroatoms. The fraction of sp³-hybridized carbons (Fsp3) is 0.235. The number of ether oxygens (including phenoxy) is 1. The van der Waals surface area contributed by atoms with Gasteiger partial charge >= 0.3 is 0 Å². The lowest BCUT2D eigenvalue weighted by Crippen LogP contribution is -2.40. The van der Waals surface area contributed by atoms with E-state index in [0.29, 0.717) is 12.0 Å². The standard InChI is InChI=1S/C17H17F2N5O2/c1-10-7-11(3-5-13(10)20)8-23-15(9-25)24(22-21-23)14-6-4-12(18)17(26-2)16(14)19/h3-7,9,15H,8,20H2,1-2H3. The summed E-state index contributed by atoms with van der Waals surface area (Å²) in [6.45, 7) is 2.14. The molecular formula is C17H17F2N5O2. The maximum Gasteiger partial charge on any atom is 0.198 e. The van der Waals surface area contributed by atoms with Crippen LogP contribution in [0, 0.1) is 18.6 Å². The average molecular weight is 361 g/mol. The van der Waals surface area contributed by atoms with Crippen molar-refractivity contribution in [3.63, 3.8) is 0 Å². The lowest BCUT2D eigenvalue weighted by atomic mass is 10.1. The van der Waals surface area contributed by atoms with Gasteiger partial charge in [0.05, 0.1) is 13.7 Å². The molecule has 0 fully saturated rings. The van der Waals surface area contributed by atoms with Crippen LogP contribution >= 0.6 is 0 Å². The number of anilines is 2. The second-order valence-electron chi connectivity index (χ2n) is 5.78. The van der Waals surface area contributed by atoms with E-state index in [1.165, 1.54) is 11.1 Å². The summed E-state index contributed by atoms with van der Waals surface area (Å²) >= 11 is 0. The molecular weight excluding hydrogens is 344 g/mol. The Labute approximate surface area is 148 Å². The van der Waals surface area contributed by atoms with Crippen molar-refractivity contribution < 1.29 is 18.3 Å². The topological polar surface area (TPSA) is 83.5 Å². The summed E-state index contributed by atoms with van der Waals surface area (Å²) in [7, 11) is 1.16. The van der Waals surface area contributed by atoms with Gasteiger partial charge in [-0.2, -0.15) is 0 Å². The molecule has 0 aliphatic carbocycles. The zero-order valence-electron chi connectivity index (χ0n) is 14.2. The van der Waals surface area contributed by atoms with E-state index in [0.717, 1.165) is 29.3 Å². The van der Waals surface area contributed by atoms with Gasteiger partial charge in [-0.1, -0.05) is 17.4 Å². The lowest BCUT2D eigenvalue weighted by molar-refractivity contribution is -0.111. The van der Waals surface area contributed by atoms with Crippen molar-refractivity contribution in [1.82, 2.24) is 5.01 Å². The minimum absolute atomic E-state index is 0.111. The maximum atomic E-state index is 14.5. The van der Waals surface area contributed by atoms with E-state index < -0.39 is 23.5 Å². The summed E-state index contributed by atoms with van der Waals surface area (Å²) in [6, 6.07) is 7.66. The molecule has 7 nitrogen and oxygen atoms in total. The number of nitrogens with two attached hydrogens (primary N) is 1. The highest BCUT2D eigenvalue weighted by Gasteiger charge is 2.33. The van der Waals surface area contributed by atoms with Gasteiger partial charge in [0.25, 0.3) is 0 Å². The molecule has 0 saturated carbocycles. The van der Waals surface area contributed by atoms with Crippen molar-refractivity contribution in [3.8, 4) is 5.75 Å². The molecule has 0 radical (unpaired) electrons. The molecule has 1 atom stereocenters. The molecule has 1 aliphatic rings. The van der Waals surface area contributed by atoms with Crippen LogP contribution < -0.4 is 15.5 Å². The first-order chi connectivity index (χ1) is 12.5. The minimum Gasteiger partial charge on any atom is -0.491 e. The average Bonchev–Trinajstić information content (AvgIpc) is 3.01. The Morgan fingerprint density at radius 3 is 2.69 bits per heavy atom. The van der Waals surface area contributed by atoms with Gasteiger partial charge in [-0.3, -0.25) is 4.79 Å². The van der Waals surface area contributed by atoms with Crippen LogP contribution in [0.4, 0.5) is 20.2 Å². The van der Waals surface area contributed by atoms with Crippen LogP contribution in [0.25, 0.3) is 0 Å². The Bertz CT molecular complexity index is 874. The van der Waals surface area contributed by atoms with E-state index in [4.69, 9.17) is 10.5 Å². The number of halogens is 2. The van der Waals surface area contributed by atoms with Crippen molar-refractivity contribution in [1.29, 1.82) is 0 Å². The highest BCUT2D eigenvalue weighted by Crippen LogP contribution is 2.34. The van der Waals surface area contributed by atoms with E-state index in [-0.39, 0.29) is 12.2 Å². The van der Waals surface area contributed by atoms with Crippen LogP contribution in [0.2, 0.25) is 0 Å². The maximum absolute atomic E-state index is 14.5. The van der Waals surface area contributed by atoms with Gasteiger partial charge in [0.15, 0.2) is 29.8 Å². The van der Waals surface area contributed by atoms with Crippen LogP contribution in [0.3, 0.4) is 0 Å². The summed E-state index contributed by atoms with van der Waals surface area (Å²) in [4.78, 5) is 11.6. The number of aldehydes is 1. The van der Waals surface area contributed by atoms with Gasteiger partial charge in [0, 0.05) is 5.69 Å². The van der Waals surface area contributed by atoms with E-state index in [1.54, 1.807) is 6.07 Å². The first-order valence-corrected chi connectivity index (χ1v) is 7.76. The number of hydrogen-bond acceptors (Lipinski definition) is 7. The lowest BCUT2D eigenvalue weighted by Gasteiger charge is -2.24. The van der Waals surface area contributed by atoms with Crippen LogP contribution in [0.1, 0.15) is 11.1 Å². The van der Waals surface area contributed by atoms with Gasteiger partial charge in [0.2, 0.25) is 0 Å². The van der Waals surface area contributed by atoms with Gasteiger partial charge in [-0.05, 0) is 41.5 Å². The van der Waals surface area contributed by atoms with Crippen molar-refractivity contribution in [2.75, 3.05) is 17.9 Å². The molecule has 1 heterocycles. The number of nitrogens with zero attached hydrogens (tertiary/aromatic N) is 4. The molecule has 2 aromatic rings. The molecule has 0 bridgehead atoms. The third kappa shape index (κ3) is 3.03. The third-order valence-corrected chi connectivity index (χ3v) is 4.09. The van der Waals surface area contributed by atoms with Crippen molar-refractivity contribution in [2.24, 2.45) is 10.4 Å². The molecule has 2 N–H and O–H groups in total. The highest BCUT2D eigenvalue weighted by atomic mass is 19.1. The van der Waals surface area contributed by atoms with Gasteiger partial charge in [0.1, 0.15) is 5.69 Å². The first kappa shape index (κ1) is 17.6. The summed E-state index contributed by atoms with van der Waals surface area (Å²) in [5.41, 5.74) is 8.11. The van der Waals surface area contributed by atoms with Crippen molar-refractivity contribution in [2.45, 2.75) is 19.6 Å². The van der Waals surface area contributed by atoms with Gasteiger partial charge in [-0.25, -0.2) is 18.8 Å². The molecule has 0 amide bonds. The smallest absolute Gasteiger partial charge is 0.198 e. The fourth-order valence-corrected chi connectivity index (χ4v) is 2.68. The number of carbonyl (C=O) groups is 1. The van der Waals surface area contributed by atoms with E-state index >= 15 is 0 Å². The Balaban J connectivity index is 1.87. The highest BCUT2D eigenvalue weighted by molar-refractivity contribution is 5.67. The number of methoxy groups -OCH3 is 1. The summed E-state index contributed by atoms with van der Waals surface area (Å²) < 4.78 is 32.8. The summed E-state index contributed by atoms with van der Waals surface area (Å²) in [5.74, 6) is -2.35. The zero-order valence-corrected chi connectivity index (χ0v) is 14.2. The van der Waals surface area contributed by atoms with Gasteiger partial charge in [-0.15, -0.1) is 0 Å². The molecule has 1 unspecified atom stereocenters. The predicted molar refractivity (Wildman–Crippen MR) is 91.2 cm³/mol.